The number of aromatic nitrogens is 1. The lowest BCUT2D eigenvalue weighted by Gasteiger charge is -2.36. The Morgan fingerprint density at radius 2 is 1.93 bits per heavy atom. The van der Waals surface area contributed by atoms with Crippen LogP contribution in [0.2, 0.25) is 0 Å². The number of hydrogen-bond donors (Lipinski definition) is 0. The van der Waals surface area contributed by atoms with Crippen LogP contribution in [0.3, 0.4) is 0 Å². The van der Waals surface area contributed by atoms with E-state index >= 15 is 0 Å². The topological polar surface area (TPSA) is 49.6 Å². The molecule has 1 atom stereocenters. The van der Waals surface area contributed by atoms with Gasteiger partial charge in [0.25, 0.3) is 6.01 Å². The maximum Gasteiger partial charge on any atom is 0.406 e. The highest BCUT2D eigenvalue weighted by Crippen LogP contribution is 2.37. The lowest BCUT2D eigenvalue weighted by molar-refractivity contribution is -0.169. The summed E-state index contributed by atoms with van der Waals surface area (Å²) >= 11 is 0. The number of piperidine rings is 1. The van der Waals surface area contributed by atoms with E-state index in [0.29, 0.717) is 37.5 Å². The first kappa shape index (κ1) is 19.1. The molecule has 152 valence electrons. The maximum atomic E-state index is 13.0. The summed E-state index contributed by atoms with van der Waals surface area (Å²) in [6.07, 6.45) is -1.57. The number of carbonyl (C=O) groups is 1. The SMILES string of the molecule is C[C@H](C1CC1)N(CC(F)(F)F)C(=O)C1CCN(c2nc3ccccc3o2)CC1. The average molecular weight is 395 g/mol. The van der Waals surface area contributed by atoms with Crippen molar-refractivity contribution in [1.29, 1.82) is 0 Å². The highest BCUT2D eigenvalue weighted by Gasteiger charge is 2.42. The van der Waals surface area contributed by atoms with Gasteiger partial charge >= 0.3 is 6.18 Å². The first-order valence-electron chi connectivity index (χ1n) is 9.79. The van der Waals surface area contributed by atoms with E-state index in [-0.39, 0.29) is 23.8 Å². The molecule has 2 heterocycles. The minimum Gasteiger partial charge on any atom is -0.423 e. The van der Waals surface area contributed by atoms with Gasteiger partial charge in [0, 0.05) is 25.0 Å². The fourth-order valence-electron chi connectivity index (χ4n) is 4.00. The van der Waals surface area contributed by atoms with E-state index in [9.17, 15) is 18.0 Å². The van der Waals surface area contributed by atoms with Gasteiger partial charge in [-0.25, -0.2) is 0 Å². The number of anilines is 1. The van der Waals surface area contributed by atoms with Crippen molar-refractivity contribution in [2.45, 2.75) is 44.8 Å². The zero-order valence-corrected chi connectivity index (χ0v) is 15.8. The summed E-state index contributed by atoms with van der Waals surface area (Å²) in [6, 6.07) is 7.62. The van der Waals surface area contributed by atoms with Gasteiger partial charge in [0.2, 0.25) is 5.91 Å². The zero-order chi connectivity index (χ0) is 19.9. The van der Waals surface area contributed by atoms with Crippen LogP contribution in [0.4, 0.5) is 19.2 Å². The van der Waals surface area contributed by atoms with Gasteiger partial charge in [0.05, 0.1) is 0 Å². The van der Waals surface area contributed by atoms with E-state index < -0.39 is 12.7 Å². The van der Waals surface area contributed by atoms with Crippen molar-refractivity contribution in [3.05, 3.63) is 24.3 Å². The molecule has 0 unspecified atom stereocenters. The van der Waals surface area contributed by atoms with Gasteiger partial charge < -0.3 is 14.2 Å². The van der Waals surface area contributed by atoms with Crippen molar-refractivity contribution in [1.82, 2.24) is 9.88 Å². The first-order valence-corrected chi connectivity index (χ1v) is 9.79. The number of hydrogen-bond acceptors (Lipinski definition) is 4. The predicted octanol–water partition coefficient (Wildman–Crippen LogP) is 4.23. The van der Waals surface area contributed by atoms with Gasteiger partial charge in [-0.15, -0.1) is 0 Å². The van der Waals surface area contributed by atoms with E-state index in [2.05, 4.69) is 4.98 Å². The first-order chi connectivity index (χ1) is 13.3. The summed E-state index contributed by atoms with van der Waals surface area (Å²) in [4.78, 5) is 20.4. The van der Waals surface area contributed by atoms with Gasteiger partial charge in [-0.1, -0.05) is 12.1 Å². The Balaban J connectivity index is 1.41. The summed E-state index contributed by atoms with van der Waals surface area (Å²) < 4.78 is 44.9. The molecule has 1 aromatic carbocycles. The van der Waals surface area contributed by atoms with Crippen LogP contribution in [0.15, 0.2) is 28.7 Å². The third kappa shape index (κ3) is 4.10. The smallest absolute Gasteiger partial charge is 0.406 e. The quantitative estimate of drug-likeness (QED) is 0.760. The van der Waals surface area contributed by atoms with Crippen molar-refractivity contribution in [3.63, 3.8) is 0 Å². The van der Waals surface area contributed by atoms with E-state index in [1.54, 1.807) is 6.92 Å². The molecule has 0 bridgehead atoms. The van der Waals surface area contributed by atoms with Gasteiger partial charge in [0.15, 0.2) is 5.58 Å². The molecule has 1 aromatic heterocycles. The monoisotopic (exact) mass is 395 g/mol. The van der Waals surface area contributed by atoms with Crippen LogP contribution in [-0.2, 0) is 4.79 Å². The van der Waals surface area contributed by atoms with Crippen LogP contribution >= 0.6 is 0 Å². The molecular weight excluding hydrogens is 371 g/mol. The van der Waals surface area contributed by atoms with Crippen LogP contribution in [0.1, 0.15) is 32.6 Å². The lowest BCUT2D eigenvalue weighted by Crippen LogP contribution is -2.50. The Kier molecular flexibility index (Phi) is 4.97. The van der Waals surface area contributed by atoms with Crippen molar-refractivity contribution in [2.75, 3.05) is 24.5 Å². The molecule has 2 aromatic rings. The molecule has 8 heteroatoms. The second kappa shape index (κ2) is 7.29. The standard InChI is InChI=1S/C20H24F3N3O2/c1-13(14-6-7-14)26(12-20(21,22)23)18(27)15-8-10-25(11-9-15)19-24-16-4-2-3-5-17(16)28-19/h2-5,13-15H,6-12H2,1H3/t13-/m1/s1. The van der Waals surface area contributed by atoms with Gasteiger partial charge in [0.1, 0.15) is 12.1 Å². The third-order valence-corrected chi connectivity index (χ3v) is 5.83. The number of rotatable bonds is 5. The van der Waals surface area contributed by atoms with Crippen LogP contribution in [0.25, 0.3) is 11.1 Å². The van der Waals surface area contributed by atoms with E-state index in [1.807, 2.05) is 29.2 Å². The van der Waals surface area contributed by atoms with E-state index in [4.69, 9.17) is 4.42 Å². The largest absolute Gasteiger partial charge is 0.423 e. The second-order valence-corrected chi connectivity index (χ2v) is 7.88. The Labute approximate surface area is 161 Å². The van der Waals surface area contributed by atoms with E-state index in [0.717, 1.165) is 23.3 Å². The molecule has 5 nitrogen and oxygen atoms in total. The molecule has 1 amide bonds. The van der Waals surface area contributed by atoms with Crippen LogP contribution in [0.5, 0.6) is 0 Å². The minimum atomic E-state index is -4.38. The fraction of sp³-hybridized carbons (Fsp3) is 0.600. The number of halogens is 3. The number of benzene rings is 1. The molecule has 1 saturated carbocycles. The predicted molar refractivity (Wildman–Crippen MR) is 98.9 cm³/mol. The Hall–Kier alpha value is -2.25. The van der Waals surface area contributed by atoms with Crippen LogP contribution < -0.4 is 4.90 Å². The highest BCUT2D eigenvalue weighted by atomic mass is 19.4. The normalized spacial score (nSPS) is 19.8. The second-order valence-electron chi connectivity index (χ2n) is 7.88. The zero-order valence-electron chi connectivity index (χ0n) is 15.8. The van der Waals surface area contributed by atoms with Gasteiger partial charge in [-0.2, -0.15) is 18.2 Å². The molecular formula is C20H24F3N3O2. The number of amides is 1. The number of oxazole rings is 1. The number of alkyl halides is 3. The highest BCUT2D eigenvalue weighted by molar-refractivity contribution is 5.80. The van der Waals surface area contributed by atoms with Gasteiger partial charge in [-0.3, -0.25) is 4.79 Å². The molecule has 2 fully saturated rings. The fourth-order valence-corrected chi connectivity index (χ4v) is 4.00. The number of para-hydroxylation sites is 2. The maximum absolute atomic E-state index is 13.0. The molecule has 0 radical (unpaired) electrons. The molecule has 4 rings (SSSR count). The van der Waals surface area contributed by atoms with Crippen LogP contribution in [0, 0.1) is 11.8 Å². The Bertz CT molecular complexity index is 806. The Morgan fingerprint density at radius 1 is 1.25 bits per heavy atom. The van der Waals surface area contributed by atoms with Crippen molar-refractivity contribution in [3.8, 4) is 0 Å². The molecule has 28 heavy (non-hydrogen) atoms. The number of nitrogens with zero attached hydrogens (tertiary/aromatic N) is 3. The summed E-state index contributed by atoms with van der Waals surface area (Å²) in [5.41, 5.74) is 1.47. The lowest BCUT2D eigenvalue weighted by atomic mass is 9.94. The summed E-state index contributed by atoms with van der Waals surface area (Å²) in [6.45, 7) is 1.67. The van der Waals surface area contributed by atoms with Crippen LogP contribution in [-0.4, -0.2) is 47.6 Å². The molecule has 0 N–H and O–H groups in total. The van der Waals surface area contributed by atoms with Crippen molar-refractivity contribution >= 4 is 23.0 Å². The summed E-state index contributed by atoms with van der Waals surface area (Å²) in [5.74, 6) is -0.552. The minimum absolute atomic E-state index is 0.200. The van der Waals surface area contributed by atoms with E-state index in [1.165, 1.54) is 0 Å². The average Bonchev–Trinajstić information content (AvgIpc) is 3.43. The van der Waals surface area contributed by atoms with Crippen molar-refractivity contribution < 1.29 is 22.4 Å². The number of fused-ring (bicyclic) bond motifs is 1. The molecule has 1 aliphatic carbocycles. The number of carbonyl (C=O) groups excluding carboxylic acids is 1. The van der Waals surface area contributed by atoms with Gasteiger partial charge in [-0.05, 0) is 50.7 Å². The van der Waals surface area contributed by atoms with Crippen molar-refractivity contribution in [2.24, 2.45) is 11.8 Å². The Morgan fingerprint density at radius 3 is 2.54 bits per heavy atom. The third-order valence-electron chi connectivity index (χ3n) is 5.83. The molecule has 1 saturated heterocycles. The molecule has 0 spiro atoms. The molecule has 2 aliphatic rings. The summed E-state index contributed by atoms with van der Waals surface area (Å²) in [7, 11) is 0. The molecule has 1 aliphatic heterocycles. The summed E-state index contributed by atoms with van der Waals surface area (Å²) in [5, 5.41) is 0.